The molecule has 4 rings (SSSR count). The van der Waals surface area contributed by atoms with Crippen LogP contribution in [0.25, 0.3) is 0 Å². The number of carbonyl (C=O) groups excluding carboxylic acids is 2. The Morgan fingerprint density at radius 3 is 2.70 bits per heavy atom. The van der Waals surface area contributed by atoms with Crippen LogP contribution in [0, 0.1) is 17.2 Å². The van der Waals surface area contributed by atoms with Gasteiger partial charge in [0.05, 0.1) is 12.0 Å². The lowest BCUT2D eigenvalue weighted by Gasteiger charge is -2.37. The number of hydrogen-bond donors (Lipinski definition) is 2. The zero-order valence-electron chi connectivity index (χ0n) is 17.5. The van der Waals surface area contributed by atoms with E-state index < -0.39 is 41.2 Å². The van der Waals surface area contributed by atoms with Crippen molar-refractivity contribution in [3.05, 3.63) is 62.3 Å². The molecule has 2 aromatic carbocycles. The molecule has 0 bridgehead atoms. The van der Waals surface area contributed by atoms with Gasteiger partial charge in [0.25, 0.3) is 5.91 Å². The Hall–Kier alpha value is -2.13. The van der Waals surface area contributed by atoms with Crippen LogP contribution >= 0.6 is 27.5 Å². The number of alkyl halides is 3. The van der Waals surface area contributed by atoms with Crippen LogP contribution in [0.2, 0.25) is 5.02 Å². The molecule has 1 fully saturated rings. The molecule has 1 aliphatic heterocycles. The fourth-order valence-electron chi connectivity index (χ4n) is 4.72. The van der Waals surface area contributed by atoms with Gasteiger partial charge in [0.1, 0.15) is 5.82 Å². The van der Waals surface area contributed by atoms with Crippen molar-refractivity contribution in [1.29, 1.82) is 0 Å². The Labute approximate surface area is 201 Å². The minimum absolute atomic E-state index is 0.00276. The number of anilines is 1. The lowest BCUT2D eigenvalue weighted by molar-refractivity contribution is -0.191. The molecule has 10 heteroatoms. The molecule has 1 heterocycles. The van der Waals surface area contributed by atoms with Crippen LogP contribution in [0.3, 0.4) is 0 Å². The summed E-state index contributed by atoms with van der Waals surface area (Å²) in [5.74, 6) is -3.08. The number of nitrogens with one attached hydrogen (secondary N) is 2. The summed E-state index contributed by atoms with van der Waals surface area (Å²) in [6, 6.07) is 6.07. The van der Waals surface area contributed by atoms with Gasteiger partial charge in [-0.3, -0.25) is 9.59 Å². The summed E-state index contributed by atoms with van der Waals surface area (Å²) in [5.41, 5.74) is -0.0239. The molecule has 2 N–H and O–H groups in total. The molecule has 2 aromatic rings. The van der Waals surface area contributed by atoms with Crippen LogP contribution in [0.5, 0.6) is 0 Å². The van der Waals surface area contributed by atoms with E-state index in [0.717, 1.165) is 0 Å². The first-order valence-electron chi connectivity index (χ1n) is 10.4. The normalized spacial score (nSPS) is 24.9. The molecule has 1 aliphatic carbocycles. The first kappa shape index (κ1) is 24.0. The molecule has 176 valence electrons. The van der Waals surface area contributed by atoms with Crippen LogP contribution in [0.4, 0.5) is 23.2 Å². The number of halogens is 6. The molecular weight excluding hydrogens is 528 g/mol. The fourth-order valence-corrected chi connectivity index (χ4v) is 5.40. The maximum absolute atomic E-state index is 13.9. The van der Waals surface area contributed by atoms with Crippen LogP contribution in [-0.4, -0.2) is 18.0 Å². The third kappa shape index (κ3) is 4.62. The molecule has 1 saturated carbocycles. The summed E-state index contributed by atoms with van der Waals surface area (Å²) in [4.78, 5) is 25.9. The topological polar surface area (TPSA) is 58.2 Å². The number of hydrogen-bond acceptors (Lipinski definition) is 2. The van der Waals surface area contributed by atoms with E-state index >= 15 is 0 Å². The van der Waals surface area contributed by atoms with Crippen molar-refractivity contribution in [2.45, 2.75) is 44.8 Å². The second kappa shape index (κ2) is 8.58. The van der Waals surface area contributed by atoms with Gasteiger partial charge in [-0.05, 0) is 49.6 Å². The SMILES string of the molecule is C[C@@]1(C(=O)Nc2cc(Br)cc3c2[C@H](c2cc(F)ccc2Cl)NC3=O)CCC[C@H](C(F)(F)F)C1. The van der Waals surface area contributed by atoms with Crippen molar-refractivity contribution < 1.29 is 27.2 Å². The highest BCUT2D eigenvalue weighted by molar-refractivity contribution is 9.10. The van der Waals surface area contributed by atoms with Crippen LogP contribution in [-0.2, 0) is 4.79 Å². The lowest BCUT2D eigenvalue weighted by Crippen LogP contribution is -2.41. The molecule has 4 nitrogen and oxygen atoms in total. The molecule has 3 atom stereocenters. The average Bonchev–Trinajstić information content (AvgIpc) is 3.05. The van der Waals surface area contributed by atoms with E-state index in [4.69, 9.17) is 11.6 Å². The van der Waals surface area contributed by atoms with E-state index in [1.807, 2.05) is 0 Å². The predicted molar refractivity (Wildman–Crippen MR) is 120 cm³/mol. The maximum Gasteiger partial charge on any atom is 0.391 e. The second-order valence-corrected chi connectivity index (χ2v) is 10.2. The predicted octanol–water partition coefficient (Wildman–Crippen LogP) is 6.77. The molecule has 33 heavy (non-hydrogen) atoms. The average molecular weight is 548 g/mol. The molecule has 0 saturated heterocycles. The third-order valence-corrected chi connectivity index (χ3v) is 7.26. The molecule has 0 spiro atoms. The molecule has 2 aliphatic rings. The van der Waals surface area contributed by atoms with Gasteiger partial charge in [-0.2, -0.15) is 13.2 Å². The number of amides is 2. The Morgan fingerprint density at radius 1 is 1.27 bits per heavy atom. The van der Waals surface area contributed by atoms with Gasteiger partial charge in [-0.1, -0.05) is 40.9 Å². The van der Waals surface area contributed by atoms with Gasteiger partial charge in [0.15, 0.2) is 0 Å². The maximum atomic E-state index is 13.9. The summed E-state index contributed by atoms with van der Waals surface area (Å²) in [7, 11) is 0. The standard InChI is InChI=1S/C23H20BrClF4N2O2/c1-22(6-2-3-11(10-22)23(27,28)29)21(33)30-17-8-12(24)7-15-18(17)19(31-20(15)32)14-9-13(26)4-5-16(14)25/h4-5,7-9,11,19H,2-3,6,10H2,1H3,(H,30,33)(H,31,32)/t11-,19-,22+/m0/s1. The van der Waals surface area contributed by atoms with Crippen molar-refractivity contribution in [2.75, 3.05) is 5.32 Å². The number of carbonyl (C=O) groups is 2. The Kier molecular flexibility index (Phi) is 6.24. The molecule has 2 amide bonds. The second-order valence-electron chi connectivity index (χ2n) is 8.84. The molecule has 0 radical (unpaired) electrons. The van der Waals surface area contributed by atoms with Crippen LogP contribution in [0.1, 0.15) is 60.1 Å². The number of benzene rings is 2. The monoisotopic (exact) mass is 546 g/mol. The smallest absolute Gasteiger partial charge is 0.341 e. The summed E-state index contributed by atoms with van der Waals surface area (Å²) in [6.07, 6.45) is -4.08. The minimum atomic E-state index is -4.37. The first-order valence-corrected chi connectivity index (χ1v) is 11.5. The van der Waals surface area contributed by atoms with Crippen molar-refractivity contribution in [3.63, 3.8) is 0 Å². The van der Waals surface area contributed by atoms with E-state index in [-0.39, 0.29) is 35.5 Å². The van der Waals surface area contributed by atoms with E-state index in [1.165, 1.54) is 25.1 Å². The highest BCUT2D eigenvalue weighted by Gasteiger charge is 2.49. The fraction of sp³-hybridized carbons (Fsp3) is 0.391. The number of rotatable bonds is 3. The lowest BCUT2D eigenvalue weighted by atomic mass is 9.70. The molecular formula is C23H20BrClF4N2O2. The van der Waals surface area contributed by atoms with Gasteiger partial charge in [-0.25, -0.2) is 4.39 Å². The Balaban J connectivity index is 1.71. The summed E-state index contributed by atoms with van der Waals surface area (Å²) < 4.78 is 54.4. The quantitative estimate of drug-likeness (QED) is 0.417. The van der Waals surface area contributed by atoms with Gasteiger partial charge < -0.3 is 10.6 Å². The van der Waals surface area contributed by atoms with Crippen molar-refractivity contribution in [1.82, 2.24) is 5.32 Å². The number of fused-ring (bicyclic) bond motifs is 1. The molecule has 0 aromatic heterocycles. The minimum Gasteiger partial charge on any atom is -0.341 e. The highest BCUT2D eigenvalue weighted by Crippen LogP contribution is 2.47. The summed E-state index contributed by atoms with van der Waals surface area (Å²) >= 11 is 9.58. The zero-order chi connectivity index (χ0) is 24.1. The molecule has 0 unspecified atom stereocenters. The highest BCUT2D eigenvalue weighted by atomic mass is 79.9. The summed E-state index contributed by atoms with van der Waals surface area (Å²) in [5, 5.41) is 5.73. The van der Waals surface area contributed by atoms with E-state index in [9.17, 15) is 27.2 Å². The Bertz CT molecular complexity index is 1140. The van der Waals surface area contributed by atoms with Crippen molar-refractivity contribution in [3.8, 4) is 0 Å². The van der Waals surface area contributed by atoms with E-state index in [0.29, 0.717) is 22.0 Å². The van der Waals surface area contributed by atoms with E-state index in [2.05, 4.69) is 26.6 Å². The van der Waals surface area contributed by atoms with Crippen molar-refractivity contribution >= 4 is 45.0 Å². The van der Waals surface area contributed by atoms with Gasteiger partial charge in [-0.15, -0.1) is 0 Å². The van der Waals surface area contributed by atoms with Gasteiger partial charge in [0.2, 0.25) is 5.91 Å². The van der Waals surface area contributed by atoms with Crippen molar-refractivity contribution in [2.24, 2.45) is 11.3 Å². The van der Waals surface area contributed by atoms with E-state index in [1.54, 1.807) is 12.1 Å². The zero-order valence-corrected chi connectivity index (χ0v) is 19.8. The first-order chi connectivity index (χ1) is 15.4. The van der Waals surface area contributed by atoms with Gasteiger partial charge in [0, 0.05) is 37.3 Å². The van der Waals surface area contributed by atoms with Crippen LogP contribution < -0.4 is 10.6 Å². The summed E-state index contributed by atoms with van der Waals surface area (Å²) in [6.45, 7) is 1.53. The van der Waals surface area contributed by atoms with Gasteiger partial charge >= 0.3 is 6.18 Å². The van der Waals surface area contributed by atoms with Crippen LogP contribution in [0.15, 0.2) is 34.8 Å². The third-order valence-electron chi connectivity index (χ3n) is 6.46. The largest absolute Gasteiger partial charge is 0.391 e. The Morgan fingerprint density at radius 2 is 2.00 bits per heavy atom.